The molecule has 3 rings (SSSR count). The molecule has 0 saturated carbocycles. The molecule has 2 aliphatic rings. The van der Waals surface area contributed by atoms with E-state index in [4.69, 9.17) is 0 Å². The largest absolute Gasteiger partial charge is 0.347 e. The number of H-pyrrole nitrogens is 1. The van der Waals surface area contributed by atoms with Crippen LogP contribution in [0, 0.1) is 0 Å². The predicted molar refractivity (Wildman–Crippen MR) is 81.1 cm³/mol. The van der Waals surface area contributed by atoms with Gasteiger partial charge in [-0.2, -0.15) is 5.10 Å². The number of hydrogen-bond donors (Lipinski definition) is 1. The van der Waals surface area contributed by atoms with Crippen molar-refractivity contribution < 1.29 is 0 Å². The number of hydrogen-bond acceptors (Lipinski definition) is 2. The van der Waals surface area contributed by atoms with Crippen molar-refractivity contribution in [3.8, 4) is 11.3 Å². The van der Waals surface area contributed by atoms with E-state index in [1.807, 2.05) is 24.4 Å². The van der Waals surface area contributed by atoms with E-state index < -0.39 is 0 Å². The lowest BCUT2D eigenvalue weighted by Gasteiger charge is -2.13. The third-order valence-electron chi connectivity index (χ3n) is 3.78. The van der Waals surface area contributed by atoms with Crippen LogP contribution in [0.15, 0.2) is 35.3 Å². The lowest BCUT2D eigenvalue weighted by molar-refractivity contribution is 0.592. The highest BCUT2D eigenvalue weighted by molar-refractivity contribution is 5.93. The Kier molecular flexibility index (Phi) is 3.54. The van der Waals surface area contributed by atoms with Crippen LogP contribution in [0.5, 0.6) is 0 Å². The van der Waals surface area contributed by atoms with Gasteiger partial charge in [-0.05, 0) is 12.5 Å². The van der Waals surface area contributed by atoms with Crippen LogP contribution in [0.2, 0.25) is 0 Å². The molecular weight excluding hydrogens is 250 g/mol. The maximum absolute atomic E-state index is 11.8. The lowest BCUT2D eigenvalue weighted by Crippen LogP contribution is -2.07. The summed E-state index contributed by atoms with van der Waals surface area (Å²) < 4.78 is 2.18. The summed E-state index contributed by atoms with van der Waals surface area (Å²) in [6.07, 6.45) is 6.80. The normalized spacial score (nSPS) is 11.4. The van der Waals surface area contributed by atoms with Crippen LogP contribution >= 0.6 is 0 Å². The Bertz CT molecular complexity index is 741. The van der Waals surface area contributed by atoms with Gasteiger partial charge in [-0.1, -0.05) is 44.4 Å². The Morgan fingerprint density at radius 2 is 2.05 bits per heavy atom. The minimum atomic E-state index is -0.104. The van der Waals surface area contributed by atoms with Crippen molar-refractivity contribution >= 4 is 10.9 Å². The molecule has 0 aliphatic carbocycles. The molecule has 0 saturated heterocycles. The van der Waals surface area contributed by atoms with Gasteiger partial charge in [-0.25, -0.2) is 5.10 Å². The minimum absolute atomic E-state index is 0.104. The monoisotopic (exact) mass is 269 g/mol. The second kappa shape index (κ2) is 5.49. The highest BCUT2D eigenvalue weighted by atomic mass is 16.1. The SMILES string of the molecule is CCCCCCn1cc2c(=O)[nH]nc-2c2ccccc21. The van der Waals surface area contributed by atoms with Gasteiger partial charge < -0.3 is 4.57 Å². The smallest absolute Gasteiger partial charge is 0.275 e. The molecule has 104 valence electrons. The van der Waals surface area contributed by atoms with Gasteiger partial charge in [0, 0.05) is 18.1 Å². The maximum Gasteiger partial charge on any atom is 0.275 e. The lowest BCUT2D eigenvalue weighted by atomic mass is 10.1. The fourth-order valence-electron chi connectivity index (χ4n) is 2.70. The van der Waals surface area contributed by atoms with Crippen molar-refractivity contribution in [1.82, 2.24) is 14.8 Å². The highest BCUT2D eigenvalue weighted by Gasteiger charge is 2.15. The van der Waals surface area contributed by atoms with Crippen LogP contribution in [0.25, 0.3) is 22.2 Å². The number of rotatable bonds is 5. The molecule has 1 N–H and O–H groups in total. The summed E-state index contributed by atoms with van der Waals surface area (Å²) >= 11 is 0. The first kappa shape index (κ1) is 12.9. The standard InChI is InChI=1S/C16H19N3O/c1-2-3-4-7-10-19-11-13-15(17-18-16(13)20)12-8-5-6-9-14(12)19/h5-6,8-9,11H,2-4,7,10H2,1H3,(H,18,20). The summed E-state index contributed by atoms with van der Waals surface area (Å²) in [6, 6.07) is 8.14. The van der Waals surface area contributed by atoms with E-state index in [9.17, 15) is 4.79 Å². The molecule has 0 fully saturated rings. The fourth-order valence-corrected chi connectivity index (χ4v) is 2.70. The number of benzene rings is 1. The second-order valence-corrected chi connectivity index (χ2v) is 5.22. The number of nitrogens with zero attached hydrogens (tertiary/aromatic N) is 2. The molecule has 2 heterocycles. The molecule has 4 heteroatoms. The number of aryl methyl sites for hydroxylation is 1. The van der Waals surface area contributed by atoms with Crippen molar-refractivity contribution in [2.45, 2.75) is 39.2 Å². The summed E-state index contributed by atoms with van der Waals surface area (Å²) in [7, 11) is 0. The van der Waals surface area contributed by atoms with Crippen LogP contribution in [0.3, 0.4) is 0 Å². The van der Waals surface area contributed by atoms with E-state index in [-0.39, 0.29) is 5.56 Å². The molecule has 0 bridgehead atoms. The third-order valence-corrected chi connectivity index (χ3v) is 3.78. The topological polar surface area (TPSA) is 50.7 Å². The molecule has 2 aliphatic heterocycles. The van der Waals surface area contributed by atoms with Crippen LogP contribution in [-0.4, -0.2) is 14.8 Å². The molecule has 4 nitrogen and oxygen atoms in total. The van der Waals surface area contributed by atoms with Crippen molar-refractivity contribution in [3.63, 3.8) is 0 Å². The first-order valence-electron chi connectivity index (χ1n) is 7.27. The molecular formula is C16H19N3O. The highest BCUT2D eigenvalue weighted by Crippen LogP contribution is 2.26. The zero-order chi connectivity index (χ0) is 13.9. The quantitative estimate of drug-likeness (QED) is 0.722. The Balaban J connectivity index is 2.06. The summed E-state index contributed by atoms with van der Waals surface area (Å²) in [5.74, 6) is 0. The molecule has 0 aromatic heterocycles. The summed E-state index contributed by atoms with van der Waals surface area (Å²) in [5.41, 5.74) is 2.49. The van der Waals surface area contributed by atoms with Gasteiger partial charge in [0.1, 0.15) is 5.69 Å². The van der Waals surface area contributed by atoms with E-state index in [0.29, 0.717) is 5.56 Å². The van der Waals surface area contributed by atoms with Gasteiger partial charge in [0.2, 0.25) is 0 Å². The number of para-hydroxylation sites is 1. The molecule has 1 aromatic carbocycles. The summed E-state index contributed by atoms with van der Waals surface area (Å²) in [4.78, 5) is 11.8. The fraction of sp³-hybridized carbons (Fsp3) is 0.375. The van der Waals surface area contributed by atoms with Gasteiger partial charge in [0.05, 0.1) is 11.1 Å². The molecule has 0 atom stereocenters. The molecule has 20 heavy (non-hydrogen) atoms. The van der Waals surface area contributed by atoms with Crippen LogP contribution in [-0.2, 0) is 6.54 Å². The van der Waals surface area contributed by atoms with Crippen LogP contribution in [0.1, 0.15) is 32.6 Å². The molecule has 0 unspecified atom stereocenters. The number of pyridine rings is 1. The van der Waals surface area contributed by atoms with E-state index in [2.05, 4.69) is 27.8 Å². The van der Waals surface area contributed by atoms with Crippen molar-refractivity contribution in [2.75, 3.05) is 0 Å². The van der Waals surface area contributed by atoms with Crippen LogP contribution < -0.4 is 5.56 Å². The summed E-state index contributed by atoms with van der Waals surface area (Å²) in [6.45, 7) is 3.16. The maximum atomic E-state index is 11.8. The van der Waals surface area contributed by atoms with E-state index in [1.54, 1.807) is 0 Å². The zero-order valence-corrected chi connectivity index (χ0v) is 11.7. The average molecular weight is 269 g/mol. The van der Waals surface area contributed by atoms with Gasteiger partial charge >= 0.3 is 0 Å². The Morgan fingerprint density at radius 1 is 1.20 bits per heavy atom. The van der Waals surface area contributed by atoms with E-state index in [0.717, 1.165) is 29.6 Å². The van der Waals surface area contributed by atoms with Gasteiger partial charge in [-0.3, -0.25) is 4.79 Å². The van der Waals surface area contributed by atoms with Gasteiger partial charge in [0.25, 0.3) is 5.56 Å². The van der Waals surface area contributed by atoms with Crippen molar-refractivity contribution in [2.24, 2.45) is 0 Å². The Morgan fingerprint density at radius 3 is 2.90 bits per heavy atom. The number of unbranched alkanes of at least 4 members (excludes halogenated alkanes) is 3. The van der Waals surface area contributed by atoms with Crippen molar-refractivity contribution in [1.29, 1.82) is 0 Å². The number of aromatic amines is 1. The van der Waals surface area contributed by atoms with Gasteiger partial charge in [-0.15, -0.1) is 0 Å². The predicted octanol–water partition coefficient (Wildman–Crippen LogP) is 3.41. The van der Waals surface area contributed by atoms with Crippen LogP contribution in [0.4, 0.5) is 0 Å². The number of fused-ring (bicyclic) bond motifs is 3. The molecule has 0 radical (unpaired) electrons. The first-order valence-corrected chi connectivity index (χ1v) is 7.27. The van der Waals surface area contributed by atoms with E-state index in [1.165, 1.54) is 19.3 Å². The average Bonchev–Trinajstić information content (AvgIpc) is 2.85. The zero-order valence-electron chi connectivity index (χ0n) is 11.7. The third kappa shape index (κ3) is 2.22. The Hall–Kier alpha value is -2.10. The molecule has 0 spiro atoms. The van der Waals surface area contributed by atoms with E-state index >= 15 is 0 Å². The second-order valence-electron chi connectivity index (χ2n) is 5.22. The number of nitrogens with one attached hydrogen (secondary N) is 1. The Labute approximate surface area is 117 Å². The summed E-state index contributed by atoms with van der Waals surface area (Å²) in [5, 5.41) is 7.74. The van der Waals surface area contributed by atoms with Crippen molar-refractivity contribution in [3.05, 3.63) is 40.8 Å². The van der Waals surface area contributed by atoms with Gasteiger partial charge in [0.15, 0.2) is 0 Å². The molecule has 1 aromatic rings. The number of aromatic nitrogens is 3. The first-order chi connectivity index (χ1) is 9.81. The molecule has 0 amide bonds. The minimum Gasteiger partial charge on any atom is -0.347 e.